The van der Waals surface area contributed by atoms with Crippen molar-refractivity contribution in [2.75, 3.05) is 0 Å². The second-order valence-electron chi connectivity index (χ2n) is 6.43. The molecule has 0 radical (unpaired) electrons. The lowest BCUT2D eigenvalue weighted by Gasteiger charge is -2.16. The molecule has 2 aromatic heterocycles. The number of carbonyl (C=O) groups excluding carboxylic acids is 1. The second kappa shape index (κ2) is 8.18. The largest absolute Gasteiger partial charge is 0.349 e. The Kier molecular flexibility index (Phi) is 5.72. The number of rotatable bonds is 7. The Labute approximate surface area is 156 Å². The summed E-state index contributed by atoms with van der Waals surface area (Å²) < 4.78 is 1.50. The van der Waals surface area contributed by atoms with E-state index in [-0.39, 0.29) is 5.91 Å². The molecule has 1 amide bonds. The van der Waals surface area contributed by atoms with E-state index in [0.29, 0.717) is 18.9 Å². The molecule has 8 heteroatoms. The van der Waals surface area contributed by atoms with Crippen LogP contribution in [0.3, 0.4) is 0 Å². The van der Waals surface area contributed by atoms with E-state index >= 15 is 0 Å². The fraction of sp³-hybridized carbons (Fsp3) is 0.389. The van der Waals surface area contributed by atoms with Gasteiger partial charge in [-0.15, -0.1) is 16.4 Å². The first-order chi connectivity index (χ1) is 12.5. The normalized spacial score (nSPS) is 12.3. The number of thiazole rings is 1. The maximum Gasteiger partial charge on any atom is 0.245 e. The van der Waals surface area contributed by atoms with Crippen molar-refractivity contribution < 1.29 is 4.79 Å². The third-order valence-corrected chi connectivity index (χ3v) is 5.54. The number of nitrogens with one attached hydrogen (secondary N) is 1. The van der Waals surface area contributed by atoms with Gasteiger partial charge in [-0.25, -0.2) is 9.67 Å². The highest BCUT2D eigenvalue weighted by Crippen LogP contribution is 2.24. The summed E-state index contributed by atoms with van der Waals surface area (Å²) in [5, 5.41) is 15.4. The summed E-state index contributed by atoms with van der Waals surface area (Å²) in [6, 6.07) is 9.36. The smallest absolute Gasteiger partial charge is 0.245 e. The summed E-state index contributed by atoms with van der Waals surface area (Å²) in [4.78, 5) is 18.5. The van der Waals surface area contributed by atoms with Gasteiger partial charge < -0.3 is 5.32 Å². The Bertz CT molecular complexity index is 844. The monoisotopic (exact) mass is 370 g/mol. The molecule has 0 saturated carbocycles. The first kappa shape index (κ1) is 18.2. The molecule has 0 aliphatic carbocycles. The predicted molar refractivity (Wildman–Crippen MR) is 99.8 cm³/mol. The van der Waals surface area contributed by atoms with Gasteiger partial charge >= 0.3 is 0 Å². The zero-order valence-electron chi connectivity index (χ0n) is 15.1. The number of amides is 1. The molecule has 0 saturated heterocycles. The van der Waals surface area contributed by atoms with Gasteiger partial charge in [-0.05, 0) is 22.9 Å². The van der Waals surface area contributed by atoms with E-state index in [1.54, 1.807) is 11.3 Å². The molecule has 26 heavy (non-hydrogen) atoms. The van der Waals surface area contributed by atoms with Gasteiger partial charge in [0.15, 0.2) is 0 Å². The summed E-state index contributed by atoms with van der Waals surface area (Å²) in [6.45, 7) is 6.68. The fourth-order valence-electron chi connectivity index (χ4n) is 2.60. The highest BCUT2D eigenvalue weighted by atomic mass is 32.1. The van der Waals surface area contributed by atoms with E-state index in [1.165, 1.54) is 11.0 Å². The van der Waals surface area contributed by atoms with Crippen molar-refractivity contribution in [2.45, 2.75) is 45.7 Å². The van der Waals surface area contributed by atoms with Gasteiger partial charge in [-0.1, -0.05) is 44.2 Å². The summed E-state index contributed by atoms with van der Waals surface area (Å²) >= 11 is 1.65. The minimum Gasteiger partial charge on any atom is -0.349 e. The van der Waals surface area contributed by atoms with Crippen LogP contribution < -0.4 is 5.32 Å². The standard InChI is InChI=1S/C18H22N6OS/c1-12(2)18-21-13(3)16(26-18)10-19-17(25)15(24-11-20-22-23-24)9-14-7-5-4-6-8-14/h4-8,11-12,15H,9-10H2,1-3H3,(H,19,25). The molecule has 3 aromatic rings. The van der Waals surface area contributed by atoms with Crippen molar-refractivity contribution in [3.63, 3.8) is 0 Å². The quantitative estimate of drug-likeness (QED) is 0.691. The average Bonchev–Trinajstić information content (AvgIpc) is 3.28. The maximum atomic E-state index is 12.8. The van der Waals surface area contributed by atoms with Crippen LogP contribution in [0.15, 0.2) is 36.7 Å². The van der Waals surface area contributed by atoms with Crippen molar-refractivity contribution in [2.24, 2.45) is 0 Å². The molecule has 1 unspecified atom stereocenters. The molecule has 136 valence electrons. The lowest BCUT2D eigenvalue weighted by Crippen LogP contribution is -2.34. The number of tetrazole rings is 1. The number of hydrogen-bond donors (Lipinski definition) is 1. The third kappa shape index (κ3) is 4.32. The second-order valence-corrected chi connectivity index (χ2v) is 7.54. The SMILES string of the molecule is Cc1nc(C(C)C)sc1CNC(=O)C(Cc1ccccc1)n1cnnn1. The van der Waals surface area contributed by atoms with Crippen LogP contribution in [0.1, 0.15) is 46.9 Å². The summed E-state index contributed by atoms with van der Waals surface area (Å²) in [5.74, 6) is 0.273. The molecule has 7 nitrogen and oxygen atoms in total. The molecule has 2 heterocycles. The molecular weight excluding hydrogens is 348 g/mol. The van der Waals surface area contributed by atoms with Gasteiger partial charge in [-0.3, -0.25) is 4.79 Å². The van der Waals surface area contributed by atoms with Gasteiger partial charge in [0.2, 0.25) is 5.91 Å². The van der Waals surface area contributed by atoms with Gasteiger partial charge in [0.05, 0.1) is 17.2 Å². The van der Waals surface area contributed by atoms with Crippen LogP contribution in [0.2, 0.25) is 0 Å². The van der Waals surface area contributed by atoms with Crippen LogP contribution in [0, 0.1) is 6.92 Å². The van der Waals surface area contributed by atoms with E-state index in [9.17, 15) is 4.79 Å². The molecule has 0 fully saturated rings. The minimum atomic E-state index is -0.495. The number of carbonyl (C=O) groups is 1. The Morgan fingerprint density at radius 1 is 1.27 bits per heavy atom. The van der Waals surface area contributed by atoms with Crippen molar-refractivity contribution in [1.29, 1.82) is 0 Å². The summed E-state index contributed by atoms with van der Waals surface area (Å²) in [5.41, 5.74) is 2.03. The molecule has 0 bridgehead atoms. The van der Waals surface area contributed by atoms with E-state index in [2.05, 4.69) is 39.7 Å². The average molecular weight is 370 g/mol. The Hall–Kier alpha value is -2.61. The molecule has 0 aliphatic rings. The first-order valence-electron chi connectivity index (χ1n) is 8.55. The molecule has 3 rings (SSSR count). The molecular formula is C18H22N6OS. The lowest BCUT2D eigenvalue weighted by atomic mass is 10.1. The fourth-order valence-corrected chi connectivity index (χ4v) is 3.61. The van der Waals surface area contributed by atoms with E-state index in [1.807, 2.05) is 37.3 Å². The third-order valence-electron chi connectivity index (χ3n) is 4.09. The van der Waals surface area contributed by atoms with Crippen molar-refractivity contribution >= 4 is 17.2 Å². The zero-order chi connectivity index (χ0) is 18.5. The number of nitrogens with zero attached hydrogens (tertiary/aromatic N) is 5. The van der Waals surface area contributed by atoms with E-state index in [4.69, 9.17) is 0 Å². The first-order valence-corrected chi connectivity index (χ1v) is 9.36. The molecule has 0 spiro atoms. The lowest BCUT2D eigenvalue weighted by molar-refractivity contribution is -0.124. The number of hydrogen-bond acceptors (Lipinski definition) is 6. The van der Waals surface area contributed by atoms with Gasteiger partial charge in [0.1, 0.15) is 12.4 Å². The van der Waals surface area contributed by atoms with Gasteiger partial charge in [0, 0.05) is 17.2 Å². The van der Waals surface area contributed by atoms with Crippen LogP contribution in [0.5, 0.6) is 0 Å². The summed E-state index contributed by atoms with van der Waals surface area (Å²) in [7, 11) is 0. The minimum absolute atomic E-state index is 0.111. The van der Waals surface area contributed by atoms with Gasteiger partial charge in [-0.2, -0.15) is 0 Å². The van der Waals surface area contributed by atoms with Crippen LogP contribution in [-0.4, -0.2) is 31.1 Å². The highest BCUT2D eigenvalue weighted by Gasteiger charge is 2.22. The summed E-state index contributed by atoms with van der Waals surface area (Å²) in [6.07, 6.45) is 2.00. The number of aryl methyl sites for hydroxylation is 1. The number of aromatic nitrogens is 5. The van der Waals surface area contributed by atoms with Crippen molar-refractivity contribution in [3.05, 3.63) is 57.8 Å². The molecule has 0 aliphatic heterocycles. The topological polar surface area (TPSA) is 85.6 Å². The van der Waals surface area contributed by atoms with E-state index in [0.717, 1.165) is 21.1 Å². The number of benzene rings is 1. The maximum absolute atomic E-state index is 12.8. The van der Waals surface area contributed by atoms with E-state index < -0.39 is 6.04 Å². The van der Waals surface area contributed by atoms with Crippen LogP contribution in [0.25, 0.3) is 0 Å². The molecule has 1 N–H and O–H groups in total. The molecule has 1 atom stereocenters. The van der Waals surface area contributed by atoms with Gasteiger partial charge in [0.25, 0.3) is 0 Å². The van der Waals surface area contributed by atoms with Crippen LogP contribution in [-0.2, 0) is 17.8 Å². The zero-order valence-corrected chi connectivity index (χ0v) is 15.9. The highest BCUT2D eigenvalue weighted by molar-refractivity contribution is 7.11. The molecule has 1 aromatic carbocycles. The van der Waals surface area contributed by atoms with Crippen molar-refractivity contribution in [3.8, 4) is 0 Å². The van der Waals surface area contributed by atoms with Crippen LogP contribution in [0.4, 0.5) is 0 Å². The Morgan fingerprint density at radius 3 is 2.65 bits per heavy atom. The predicted octanol–water partition coefficient (Wildman–Crippen LogP) is 2.66. The van der Waals surface area contributed by atoms with Crippen molar-refractivity contribution in [1.82, 2.24) is 30.5 Å². The van der Waals surface area contributed by atoms with Crippen LogP contribution >= 0.6 is 11.3 Å². The Morgan fingerprint density at radius 2 is 2.04 bits per heavy atom. The Balaban J connectivity index is 1.72.